The van der Waals surface area contributed by atoms with Crippen molar-refractivity contribution in [1.82, 2.24) is 0 Å². The third-order valence-corrected chi connectivity index (χ3v) is 8.37. The second-order valence-electron chi connectivity index (χ2n) is 14.1. The second-order valence-corrected chi connectivity index (χ2v) is 14.1. The number of anilines is 2. The summed E-state index contributed by atoms with van der Waals surface area (Å²) in [7, 11) is 5.04. The first kappa shape index (κ1) is 39.7. The Morgan fingerprint density at radius 2 is 1.72 bits per heavy atom. The maximum Gasteiger partial charge on any atom is 0.434 e. The van der Waals surface area contributed by atoms with Gasteiger partial charge >= 0.3 is 6.09 Å². The molecule has 0 aliphatic rings. The van der Waals surface area contributed by atoms with Gasteiger partial charge in [0.25, 0.3) is 10.9 Å². The summed E-state index contributed by atoms with van der Waals surface area (Å²) in [6, 6.07) is 5.80. The van der Waals surface area contributed by atoms with Gasteiger partial charge in [0.2, 0.25) is 0 Å². The zero-order valence-electron chi connectivity index (χ0n) is 30.3. The molecule has 264 valence electrons. The molecule has 0 aliphatic carbocycles. The summed E-state index contributed by atoms with van der Waals surface area (Å²) in [5, 5.41) is 14.4. The molecular formula is C36H57N3O8. The van der Waals surface area contributed by atoms with Crippen LogP contribution in [0.5, 0.6) is 11.5 Å². The number of aliphatic hydroxyl groups excluding tert-OH is 1. The fourth-order valence-electron chi connectivity index (χ4n) is 5.38. The predicted molar refractivity (Wildman–Crippen MR) is 189 cm³/mol. The van der Waals surface area contributed by atoms with Crippen molar-refractivity contribution < 1.29 is 28.8 Å². The molecule has 0 saturated carbocycles. The van der Waals surface area contributed by atoms with E-state index in [0.29, 0.717) is 36.8 Å². The van der Waals surface area contributed by atoms with Crippen LogP contribution in [0.2, 0.25) is 0 Å². The summed E-state index contributed by atoms with van der Waals surface area (Å²) in [4.78, 5) is 44.1. The highest BCUT2D eigenvalue weighted by molar-refractivity contribution is 5.97. The Kier molecular flexibility index (Phi) is 14.9. The van der Waals surface area contributed by atoms with E-state index < -0.39 is 28.7 Å². The van der Waals surface area contributed by atoms with Crippen LogP contribution >= 0.6 is 0 Å². The van der Waals surface area contributed by atoms with Crippen molar-refractivity contribution >= 4 is 23.2 Å². The number of rotatable bonds is 19. The van der Waals surface area contributed by atoms with E-state index in [1.165, 1.54) is 0 Å². The lowest BCUT2D eigenvalue weighted by Gasteiger charge is -2.38. The lowest BCUT2D eigenvalue weighted by Crippen LogP contribution is -2.50. The zero-order chi connectivity index (χ0) is 35.5. The van der Waals surface area contributed by atoms with Crippen LogP contribution in [0.4, 0.5) is 16.2 Å². The van der Waals surface area contributed by atoms with Crippen molar-refractivity contribution in [2.75, 3.05) is 51.2 Å². The van der Waals surface area contributed by atoms with Crippen LogP contribution in [-0.4, -0.2) is 75.2 Å². The maximum absolute atomic E-state index is 12.9. The van der Waals surface area contributed by atoms with Gasteiger partial charge in [-0.05, 0) is 83.4 Å². The van der Waals surface area contributed by atoms with E-state index in [1.54, 1.807) is 42.0 Å². The number of ether oxygens (including phenoxy) is 4. The van der Waals surface area contributed by atoms with Gasteiger partial charge in [-0.1, -0.05) is 33.3 Å². The van der Waals surface area contributed by atoms with Crippen LogP contribution in [0.1, 0.15) is 86.6 Å². The van der Waals surface area contributed by atoms with Gasteiger partial charge in [-0.2, -0.15) is 4.99 Å². The highest BCUT2D eigenvalue weighted by Crippen LogP contribution is 2.32. The number of aliphatic imine (C=N–C) groups is 1. The minimum Gasteiger partial charge on any atom is -0.493 e. The van der Waals surface area contributed by atoms with Gasteiger partial charge in [0.1, 0.15) is 23.1 Å². The first-order valence-electron chi connectivity index (χ1n) is 16.5. The molecule has 0 radical (unpaired) electrons. The molecule has 11 nitrogen and oxygen atoms in total. The second kappa shape index (κ2) is 17.6. The summed E-state index contributed by atoms with van der Waals surface area (Å²) in [6.07, 6.45) is 1.34. The van der Waals surface area contributed by atoms with Crippen LogP contribution in [0.15, 0.2) is 32.8 Å². The molecular weight excluding hydrogens is 602 g/mol. The van der Waals surface area contributed by atoms with Gasteiger partial charge in [-0.3, -0.25) is 9.59 Å². The monoisotopic (exact) mass is 659 g/mol. The summed E-state index contributed by atoms with van der Waals surface area (Å²) < 4.78 is 22.1. The molecule has 0 saturated heterocycles. The normalized spacial score (nSPS) is 13.9. The highest BCUT2D eigenvalue weighted by atomic mass is 16.6. The number of methoxy groups -OCH3 is 2. The number of benzene rings is 1. The van der Waals surface area contributed by atoms with Gasteiger partial charge in [0.15, 0.2) is 11.5 Å². The Morgan fingerprint density at radius 3 is 2.30 bits per heavy atom. The summed E-state index contributed by atoms with van der Waals surface area (Å²) >= 11 is 0. The third kappa shape index (κ3) is 11.6. The largest absolute Gasteiger partial charge is 0.493 e. The Bertz CT molecular complexity index is 1400. The van der Waals surface area contributed by atoms with E-state index in [-0.39, 0.29) is 41.7 Å². The van der Waals surface area contributed by atoms with Crippen molar-refractivity contribution in [3.63, 3.8) is 0 Å². The minimum atomic E-state index is -1.23. The molecule has 0 spiro atoms. The first-order valence-corrected chi connectivity index (χ1v) is 16.5. The first-order chi connectivity index (χ1) is 21.9. The zero-order valence-corrected chi connectivity index (χ0v) is 30.3. The molecule has 0 aliphatic heterocycles. The van der Waals surface area contributed by atoms with E-state index in [0.717, 1.165) is 24.8 Å². The van der Waals surface area contributed by atoms with Gasteiger partial charge in [0.05, 0.1) is 19.4 Å². The molecule has 1 unspecified atom stereocenters. The maximum atomic E-state index is 12.9. The molecule has 0 aromatic heterocycles. The van der Waals surface area contributed by atoms with Gasteiger partial charge in [-0.25, -0.2) is 4.79 Å². The average molecular weight is 660 g/mol. The number of hydrogen-bond donors (Lipinski definition) is 2. The van der Waals surface area contributed by atoms with Crippen LogP contribution in [-0.2, 0) is 15.9 Å². The molecule has 2 aromatic rings. The van der Waals surface area contributed by atoms with Crippen molar-refractivity contribution in [3.05, 3.63) is 44.2 Å². The smallest absolute Gasteiger partial charge is 0.434 e. The van der Waals surface area contributed by atoms with Gasteiger partial charge in [0, 0.05) is 39.3 Å². The minimum absolute atomic E-state index is 0.0248. The number of nitrogens with one attached hydrogen (secondary N) is 1. The number of amides is 1. The van der Waals surface area contributed by atoms with E-state index in [1.807, 2.05) is 36.9 Å². The number of aliphatic hydroxyl groups is 1. The average Bonchev–Trinajstić information content (AvgIpc) is 2.98. The molecule has 47 heavy (non-hydrogen) atoms. The Balaban J connectivity index is 2.35. The van der Waals surface area contributed by atoms with Crippen molar-refractivity contribution in [2.24, 2.45) is 16.8 Å². The Morgan fingerprint density at radius 1 is 1.04 bits per heavy atom. The third-order valence-electron chi connectivity index (χ3n) is 8.37. The summed E-state index contributed by atoms with van der Waals surface area (Å²) in [5.41, 5.74) is -0.620. The van der Waals surface area contributed by atoms with Gasteiger partial charge in [-0.15, -0.1) is 0 Å². The summed E-state index contributed by atoms with van der Waals surface area (Å²) in [6.45, 7) is 16.4. The van der Waals surface area contributed by atoms with Crippen molar-refractivity contribution in [2.45, 2.75) is 105 Å². The molecule has 2 N–H and O–H groups in total. The fourth-order valence-corrected chi connectivity index (χ4v) is 5.38. The van der Waals surface area contributed by atoms with Gasteiger partial charge < -0.3 is 34.3 Å². The molecule has 2 atom stereocenters. The van der Waals surface area contributed by atoms with E-state index in [4.69, 9.17) is 18.9 Å². The molecule has 2 rings (SSSR count). The fraction of sp³-hybridized carbons (Fsp3) is 0.667. The van der Waals surface area contributed by atoms with Crippen molar-refractivity contribution in [3.8, 4) is 11.5 Å². The van der Waals surface area contributed by atoms with Crippen LogP contribution in [0.3, 0.4) is 0 Å². The Labute approximate surface area is 280 Å². The molecule has 1 amide bonds. The molecule has 0 fully saturated rings. The molecule has 0 heterocycles. The lowest BCUT2D eigenvalue weighted by molar-refractivity contribution is 0.0600. The SMILES string of the molecule is CCCC(C)(C)N(C)c1c(NCC(O)C(C[C@H](Cc2ccc(OC)c(OCCCOC)c2)C(C)C)=NC(=O)OC(C)(C)C)c(=O)c1=O. The number of nitrogens with zero attached hydrogens (tertiary/aromatic N) is 2. The van der Waals surface area contributed by atoms with Crippen LogP contribution < -0.4 is 30.5 Å². The molecule has 0 bridgehead atoms. The number of carbonyl (C=O) groups excluding carboxylic acids is 1. The quantitative estimate of drug-likeness (QED) is 0.109. The lowest BCUT2D eigenvalue weighted by atomic mass is 9.84. The van der Waals surface area contributed by atoms with Crippen LogP contribution in [0.25, 0.3) is 0 Å². The van der Waals surface area contributed by atoms with E-state index in [9.17, 15) is 19.5 Å². The van der Waals surface area contributed by atoms with Crippen LogP contribution in [0, 0.1) is 11.8 Å². The number of carbonyl (C=O) groups is 1. The van der Waals surface area contributed by atoms with Crippen molar-refractivity contribution in [1.29, 1.82) is 0 Å². The standard InChI is InChI=1S/C36H57N3O8/c1-12-16-36(7,8)39(9)31-30(32(41)33(31)42)37-22-27(40)26(38-34(43)47-35(4,5)6)21-25(23(2)3)19-24-14-15-28(45-11)29(20-24)46-18-13-17-44-10/h14-15,20,23,25,27,37,40H,12-13,16-19,21-22H2,1-11H3/t25-,27?/m0/s1. The Hall–Kier alpha value is -3.44. The highest BCUT2D eigenvalue weighted by Gasteiger charge is 2.33. The number of hydrogen-bond acceptors (Lipinski definition) is 10. The van der Waals surface area contributed by atoms with E-state index >= 15 is 0 Å². The molecule has 11 heteroatoms. The predicted octanol–water partition coefficient (Wildman–Crippen LogP) is 5.78. The topological polar surface area (TPSA) is 136 Å². The molecule has 2 aromatic carbocycles. The summed E-state index contributed by atoms with van der Waals surface area (Å²) in [5.74, 6) is 1.39. The van der Waals surface area contributed by atoms with E-state index in [2.05, 4.69) is 31.1 Å².